The molecule has 0 aliphatic rings. The lowest BCUT2D eigenvalue weighted by Gasteiger charge is -2.12. The maximum Gasteiger partial charge on any atom is 0.292 e. The summed E-state index contributed by atoms with van der Waals surface area (Å²) in [5.41, 5.74) is 0.108. The molecule has 0 fully saturated rings. The fourth-order valence-electron chi connectivity index (χ4n) is 3.44. The highest BCUT2D eigenvalue weighted by atomic mass is 16.6. The zero-order chi connectivity index (χ0) is 26.5. The van der Waals surface area contributed by atoms with E-state index in [4.69, 9.17) is 4.74 Å². The standard InChI is InChI=1S/C25H19N5O7/c1-37-22-8-3-2-7-18(22)29-25(34)23-20(27-19-12-15(30(35)36)9-10-17(19)28-23)13-21(32)24(33)26-14-5-4-6-16(31)11-14/h2-12,31H,13H2,1H3,(H,26,33)(H,29,34). The third-order valence-electron chi connectivity index (χ3n) is 5.19. The monoisotopic (exact) mass is 501 g/mol. The number of nitrogens with one attached hydrogen (secondary N) is 2. The van der Waals surface area contributed by atoms with Crippen LogP contribution in [-0.4, -0.2) is 44.7 Å². The van der Waals surface area contributed by atoms with E-state index < -0.39 is 28.9 Å². The van der Waals surface area contributed by atoms with Crippen molar-refractivity contribution in [3.63, 3.8) is 0 Å². The second-order valence-electron chi connectivity index (χ2n) is 7.71. The summed E-state index contributed by atoms with van der Waals surface area (Å²) in [5.74, 6) is -2.42. The molecule has 1 aromatic heterocycles. The molecule has 0 atom stereocenters. The van der Waals surface area contributed by atoms with Crippen LogP contribution in [0.4, 0.5) is 17.1 Å². The van der Waals surface area contributed by atoms with Crippen LogP contribution < -0.4 is 15.4 Å². The van der Waals surface area contributed by atoms with E-state index in [-0.39, 0.29) is 39.5 Å². The lowest BCUT2D eigenvalue weighted by atomic mass is 10.1. The number of ether oxygens (including phenoxy) is 1. The summed E-state index contributed by atoms with van der Waals surface area (Å²) in [7, 11) is 1.43. The number of carbonyl (C=O) groups excluding carboxylic acids is 3. The van der Waals surface area contributed by atoms with Crippen LogP contribution in [0.15, 0.2) is 66.7 Å². The Balaban J connectivity index is 1.69. The number of Topliss-reactive ketones (excluding diaryl/α,β-unsaturated/α-hetero) is 1. The number of hydrogen-bond acceptors (Lipinski definition) is 9. The number of nitro groups is 1. The van der Waals surface area contributed by atoms with Crippen molar-refractivity contribution in [2.75, 3.05) is 17.7 Å². The number of rotatable bonds is 8. The Labute approximate surface area is 209 Å². The van der Waals surface area contributed by atoms with Crippen LogP contribution >= 0.6 is 0 Å². The van der Waals surface area contributed by atoms with Gasteiger partial charge in [-0.3, -0.25) is 24.5 Å². The van der Waals surface area contributed by atoms with Gasteiger partial charge in [-0.25, -0.2) is 9.97 Å². The number of phenolic OH excluding ortho intramolecular Hbond substituents is 1. The number of methoxy groups -OCH3 is 1. The summed E-state index contributed by atoms with van der Waals surface area (Å²) in [4.78, 5) is 57.5. The molecule has 0 spiro atoms. The van der Waals surface area contributed by atoms with Gasteiger partial charge in [-0.2, -0.15) is 0 Å². The van der Waals surface area contributed by atoms with E-state index in [2.05, 4.69) is 20.6 Å². The first-order chi connectivity index (χ1) is 17.7. The van der Waals surface area contributed by atoms with Gasteiger partial charge in [0.1, 0.15) is 11.5 Å². The number of nitrogens with zero attached hydrogens (tertiary/aromatic N) is 3. The van der Waals surface area contributed by atoms with Crippen molar-refractivity contribution in [2.45, 2.75) is 6.42 Å². The van der Waals surface area contributed by atoms with Crippen molar-refractivity contribution in [2.24, 2.45) is 0 Å². The Bertz CT molecular complexity index is 1550. The van der Waals surface area contributed by atoms with Crippen molar-refractivity contribution in [3.8, 4) is 11.5 Å². The molecular formula is C25H19N5O7. The summed E-state index contributed by atoms with van der Waals surface area (Å²) in [6, 6.07) is 16.0. The molecule has 0 saturated carbocycles. The fraction of sp³-hybridized carbons (Fsp3) is 0.0800. The normalized spacial score (nSPS) is 10.5. The van der Waals surface area contributed by atoms with Crippen molar-refractivity contribution in [1.29, 1.82) is 0 Å². The van der Waals surface area contributed by atoms with Crippen LogP contribution in [0, 0.1) is 10.1 Å². The molecule has 0 aliphatic heterocycles. The van der Waals surface area contributed by atoms with Gasteiger partial charge in [0.25, 0.3) is 17.5 Å². The molecular weight excluding hydrogens is 482 g/mol. The van der Waals surface area contributed by atoms with Gasteiger partial charge in [0.2, 0.25) is 5.78 Å². The maximum absolute atomic E-state index is 13.2. The van der Waals surface area contributed by atoms with Gasteiger partial charge in [0.15, 0.2) is 5.69 Å². The third kappa shape index (κ3) is 5.65. The van der Waals surface area contributed by atoms with E-state index in [1.165, 1.54) is 43.5 Å². The van der Waals surface area contributed by atoms with Gasteiger partial charge in [-0.05, 0) is 30.3 Å². The highest BCUT2D eigenvalue weighted by molar-refractivity contribution is 6.41. The Hall–Kier alpha value is -5.39. The van der Waals surface area contributed by atoms with E-state index in [1.54, 1.807) is 24.3 Å². The molecule has 0 unspecified atom stereocenters. The molecule has 1 heterocycles. The number of aromatic nitrogens is 2. The van der Waals surface area contributed by atoms with Gasteiger partial charge in [0, 0.05) is 23.9 Å². The van der Waals surface area contributed by atoms with Gasteiger partial charge in [-0.15, -0.1) is 0 Å². The summed E-state index contributed by atoms with van der Waals surface area (Å²) < 4.78 is 5.24. The lowest BCUT2D eigenvalue weighted by Crippen LogP contribution is -2.27. The number of non-ortho nitro benzene ring substituents is 1. The molecule has 2 amide bonds. The molecule has 12 heteroatoms. The van der Waals surface area contributed by atoms with Crippen molar-refractivity contribution in [3.05, 3.63) is 88.2 Å². The van der Waals surface area contributed by atoms with Gasteiger partial charge in [-0.1, -0.05) is 18.2 Å². The van der Waals surface area contributed by atoms with Crippen molar-refractivity contribution in [1.82, 2.24) is 9.97 Å². The molecule has 0 saturated heterocycles. The summed E-state index contributed by atoms with van der Waals surface area (Å²) in [6.45, 7) is 0. The number of nitro benzene ring substituents is 1. The maximum atomic E-state index is 13.2. The van der Waals surface area contributed by atoms with Crippen LogP contribution in [-0.2, 0) is 16.0 Å². The molecule has 4 rings (SSSR count). The van der Waals surface area contributed by atoms with Crippen LogP contribution in [0.25, 0.3) is 11.0 Å². The largest absolute Gasteiger partial charge is 0.508 e. The minimum atomic E-state index is -1.01. The first-order valence-electron chi connectivity index (χ1n) is 10.8. The second kappa shape index (κ2) is 10.5. The SMILES string of the molecule is COc1ccccc1NC(=O)c1nc2ccc([N+](=O)[O-])cc2nc1CC(=O)C(=O)Nc1cccc(O)c1. The summed E-state index contributed by atoms with van der Waals surface area (Å²) >= 11 is 0. The number of para-hydroxylation sites is 2. The van der Waals surface area contributed by atoms with E-state index in [0.717, 1.165) is 6.07 Å². The number of benzene rings is 3. The molecule has 0 bridgehead atoms. The highest BCUT2D eigenvalue weighted by Gasteiger charge is 2.24. The average molecular weight is 501 g/mol. The smallest absolute Gasteiger partial charge is 0.292 e. The third-order valence-corrected chi connectivity index (χ3v) is 5.19. The quantitative estimate of drug-likeness (QED) is 0.186. The van der Waals surface area contributed by atoms with Crippen molar-refractivity contribution < 1.29 is 29.2 Å². The van der Waals surface area contributed by atoms with E-state index in [9.17, 15) is 29.6 Å². The molecule has 12 nitrogen and oxygen atoms in total. The number of aromatic hydroxyl groups is 1. The zero-order valence-corrected chi connectivity index (χ0v) is 19.3. The van der Waals surface area contributed by atoms with E-state index >= 15 is 0 Å². The minimum Gasteiger partial charge on any atom is -0.508 e. The minimum absolute atomic E-state index is 0.0687. The Morgan fingerprint density at radius 1 is 0.973 bits per heavy atom. The Morgan fingerprint density at radius 2 is 1.76 bits per heavy atom. The van der Waals surface area contributed by atoms with Crippen LogP contribution in [0.2, 0.25) is 0 Å². The average Bonchev–Trinajstić information content (AvgIpc) is 2.88. The number of ketones is 1. The predicted octanol–water partition coefficient (Wildman–Crippen LogP) is 3.25. The van der Waals surface area contributed by atoms with Crippen LogP contribution in [0.3, 0.4) is 0 Å². The van der Waals surface area contributed by atoms with Gasteiger partial charge < -0.3 is 20.5 Å². The molecule has 37 heavy (non-hydrogen) atoms. The zero-order valence-electron chi connectivity index (χ0n) is 19.3. The molecule has 0 radical (unpaired) electrons. The Kier molecular flexibility index (Phi) is 7.00. The van der Waals surface area contributed by atoms with Crippen LogP contribution in [0.1, 0.15) is 16.2 Å². The molecule has 186 valence electrons. The first-order valence-corrected chi connectivity index (χ1v) is 10.8. The van der Waals surface area contributed by atoms with Crippen LogP contribution in [0.5, 0.6) is 11.5 Å². The highest BCUT2D eigenvalue weighted by Crippen LogP contribution is 2.25. The Morgan fingerprint density at radius 3 is 2.49 bits per heavy atom. The number of phenols is 1. The topological polar surface area (TPSA) is 174 Å². The van der Waals surface area contributed by atoms with E-state index in [1.807, 2.05) is 0 Å². The fourth-order valence-corrected chi connectivity index (χ4v) is 3.44. The number of fused-ring (bicyclic) bond motifs is 1. The molecule has 3 aromatic carbocycles. The molecule has 0 aliphatic carbocycles. The summed E-state index contributed by atoms with van der Waals surface area (Å²) in [5, 5.41) is 25.8. The van der Waals surface area contributed by atoms with Gasteiger partial charge >= 0.3 is 0 Å². The number of anilines is 2. The van der Waals surface area contributed by atoms with Gasteiger partial charge in [0.05, 0.1) is 40.9 Å². The molecule has 4 aromatic rings. The number of carbonyl (C=O) groups is 3. The number of hydrogen-bond donors (Lipinski definition) is 3. The molecule has 3 N–H and O–H groups in total. The summed E-state index contributed by atoms with van der Waals surface area (Å²) in [6.07, 6.45) is -0.620. The number of amides is 2. The van der Waals surface area contributed by atoms with Crippen molar-refractivity contribution >= 4 is 45.7 Å². The predicted molar refractivity (Wildman–Crippen MR) is 133 cm³/mol. The van der Waals surface area contributed by atoms with E-state index in [0.29, 0.717) is 11.4 Å². The second-order valence-corrected chi connectivity index (χ2v) is 7.71. The lowest BCUT2D eigenvalue weighted by molar-refractivity contribution is -0.384. The first kappa shape index (κ1) is 24.7.